The SMILES string of the molecule is CC(C)CNCCC(C)NCC(C)C. The van der Waals surface area contributed by atoms with E-state index in [0.29, 0.717) is 6.04 Å². The highest BCUT2D eigenvalue weighted by Crippen LogP contribution is 1.94. The first-order chi connectivity index (χ1) is 6.52. The molecule has 0 aromatic carbocycles. The molecule has 0 rings (SSSR count). The third-order valence-corrected chi connectivity index (χ3v) is 2.18. The predicted molar refractivity (Wildman–Crippen MR) is 64.6 cm³/mol. The van der Waals surface area contributed by atoms with Crippen LogP contribution < -0.4 is 10.6 Å². The van der Waals surface area contributed by atoms with Gasteiger partial charge in [-0.1, -0.05) is 27.7 Å². The first-order valence-corrected chi connectivity index (χ1v) is 5.96. The predicted octanol–water partition coefficient (Wildman–Crippen LogP) is 2.26. The Hall–Kier alpha value is -0.0800. The molecular weight excluding hydrogens is 172 g/mol. The molecule has 2 nitrogen and oxygen atoms in total. The van der Waals surface area contributed by atoms with Crippen molar-refractivity contribution >= 4 is 0 Å². The summed E-state index contributed by atoms with van der Waals surface area (Å²) in [6, 6.07) is 0.636. The molecule has 86 valence electrons. The normalized spacial score (nSPS) is 13.9. The molecule has 0 fully saturated rings. The van der Waals surface area contributed by atoms with Crippen LogP contribution in [-0.4, -0.2) is 25.7 Å². The highest BCUT2D eigenvalue weighted by Gasteiger charge is 2.01. The Balaban J connectivity index is 3.22. The standard InChI is InChI=1S/C12H28N2/c1-10(2)8-13-7-6-12(5)14-9-11(3)4/h10-14H,6-9H2,1-5H3. The van der Waals surface area contributed by atoms with Crippen molar-refractivity contribution in [1.82, 2.24) is 10.6 Å². The third-order valence-electron chi connectivity index (χ3n) is 2.18. The molecule has 0 saturated heterocycles. The highest BCUT2D eigenvalue weighted by atomic mass is 14.9. The number of rotatable bonds is 8. The van der Waals surface area contributed by atoms with Crippen LogP contribution in [0.1, 0.15) is 41.0 Å². The molecule has 2 heteroatoms. The zero-order chi connectivity index (χ0) is 11.0. The van der Waals surface area contributed by atoms with E-state index in [1.807, 2.05) is 0 Å². The van der Waals surface area contributed by atoms with Gasteiger partial charge >= 0.3 is 0 Å². The molecule has 0 aliphatic rings. The molecule has 0 aromatic rings. The summed E-state index contributed by atoms with van der Waals surface area (Å²) >= 11 is 0. The number of hydrogen-bond acceptors (Lipinski definition) is 2. The van der Waals surface area contributed by atoms with Crippen molar-refractivity contribution < 1.29 is 0 Å². The van der Waals surface area contributed by atoms with E-state index in [2.05, 4.69) is 45.3 Å². The topological polar surface area (TPSA) is 24.1 Å². The quantitative estimate of drug-likeness (QED) is 0.587. The highest BCUT2D eigenvalue weighted by molar-refractivity contribution is 4.63. The monoisotopic (exact) mass is 200 g/mol. The lowest BCUT2D eigenvalue weighted by molar-refractivity contribution is 0.444. The van der Waals surface area contributed by atoms with Crippen LogP contribution in [0.2, 0.25) is 0 Å². The largest absolute Gasteiger partial charge is 0.316 e. The van der Waals surface area contributed by atoms with Gasteiger partial charge in [-0.05, 0) is 44.8 Å². The van der Waals surface area contributed by atoms with Crippen molar-refractivity contribution in [3.05, 3.63) is 0 Å². The van der Waals surface area contributed by atoms with E-state index >= 15 is 0 Å². The molecule has 0 amide bonds. The molecule has 0 radical (unpaired) electrons. The molecule has 0 bridgehead atoms. The van der Waals surface area contributed by atoms with E-state index in [0.717, 1.165) is 31.5 Å². The first-order valence-electron chi connectivity index (χ1n) is 5.96. The Bertz CT molecular complexity index is 121. The van der Waals surface area contributed by atoms with Crippen molar-refractivity contribution in [3.63, 3.8) is 0 Å². The van der Waals surface area contributed by atoms with Gasteiger partial charge in [0.2, 0.25) is 0 Å². The fraction of sp³-hybridized carbons (Fsp3) is 1.00. The van der Waals surface area contributed by atoms with Gasteiger partial charge < -0.3 is 10.6 Å². The molecule has 0 spiro atoms. The second-order valence-electron chi connectivity index (χ2n) is 5.09. The molecule has 14 heavy (non-hydrogen) atoms. The van der Waals surface area contributed by atoms with Gasteiger partial charge in [0.05, 0.1) is 0 Å². The fourth-order valence-electron chi connectivity index (χ4n) is 1.25. The van der Waals surface area contributed by atoms with E-state index in [1.54, 1.807) is 0 Å². The molecule has 1 unspecified atom stereocenters. The van der Waals surface area contributed by atoms with Crippen LogP contribution >= 0.6 is 0 Å². The summed E-state index contributed by atoms with van der Waals surface area (Å²) in [6.45, 7) is 14.6. The molecule has 2 N–H and O–H groups in total. The van der Waals surface area contributed by atoms with Crippen molar-refractivity contribution in [2.75, 3.05) is 19.6 Å². The Morgan fingerprint density at radius 3 is 1.93 bits per heavy atom. The minimum atomic E-state index is 0.636. The molecule has 1 atom stereocenters. The Morgan fingerprint density at radius 1 is 0.857 bits per heavy atom. The van der Waals surface area contributed by atoms with E-state index in [9.17, 15) is 0 Å². The van der Waals surface area contributed by atoms with Crippen molar-refractivity contribution in [2.45, 2.75) is 47.1 Å². The summed E-state index contributed by atoms with van der Waals surface area (Å²) in [5, 5.41) is 6.99. The number of hydrogen-bond donors (Lipinski definition) is 2. The van der Waals surface area contributed by atoms with Crippen LogP contribution in [0.15, 0.2) is 0 Å². The van der Waals surface area contributed by atoms with Crippen LogP contribution in [-0.2, 0) is 0 Å². The average molecular weight is 200 g/mol. The lowest BCUT2D eigenvalue weighted by Crippen LogP contribution is -2.33. The molecule has 0 heterocycles. The van der Waals surface area contributed by atoms with Crippen LogP contribution in [0.25, 0.3) is 0 Å². The second-order valence-corrected chi connectivity index (χ2v) is 5.09. The maximum absolute atomic E-state index is 3.53. The van der Waals surface area contributed by atoms with E-state index < -0.39 is 0 Å². The summed E-state index contributed by atoms with van der Waals surface area (Å²) in [7, 11) is 0. The summed E-state index contributed by atoms with van der Waals surface area (Å²) < 4.78 is 0. The van der Waals surface area contributed by atoms with Crippen molar-refractivity contribution in [2.24, 2.45) is 11.8 Å². The third kappa shape index (κ3) is 10.0. The lowest BCUT2D eigenvalue weighted by atomic mass is 10.1. The van der Waals surface area contributed by atoms with Crippen LogP contribution in [0, 0.1) is 11.8 Å². The molecule has 0 saturated carbocycles. The maximum Gasteiger partial charge on any atom is 0.00509 e. The zero-order valence-electron chi connectivity index (χ0n) is 10.6. The summed E-state index contributed by atoms with van der Waals surface area (Å²) in [5.41, 5.74) is 0. The first kappa shape index (κ1) is 13.9. The Kier molecular flexibility index (Phi) is 8.20. The van der Waals surface area contributed by atoms with Gasteiger partial charge in [-0.3, -0.25) is 0 Å². The molecule has 0 aromatic heterocycles. The van der Waals surface area contributed by atoms with Crippen LogP contribution in [0.3, 0.4) is 0 Å². The fourth-order valence-corrected chi connectivity index (χ4v) is 1.25. The van der Waals surface area contributed by atoms with Gasteiger partial charge in [-0.15, -0.1) is 0 Å². The summed E-state index contributed by atoms with van der Waals surface area (Å²) in [5.74, 6) is 1.51. The minimum absolute atomic E-state index is 0.636. The molecule has 0 aliphatic heterocycles. The second kappa shape index (κ2) is 8.25. The summed E-state index contributed by atoms with van der Waals surface area (Å²) in [6.07, 6.45) is 1.22. The van der Waals surface area contributed by atoms with Crippen LogP contribution in [0.5, 0.6) is 0 Å². The van der Waals surface area contributed by atoms with Crippen LogP contribution in [0.4, 0.5) is 0 Å². The molecule has 0 aliphatic carbocycles. The lowest BCUT2D eigenvalue weighted by Gasteiger charge is -2.16. The Labute approximate surface area is 89.9 Å². The summed E-state index contributed by atoms with van der Waals surface area (Å²) in [4.78, 5) is 0. The van der Waals surface area contributed by atoms with E-state index in [-0.39, 0.29) is 0 Å². The van der Waals surface area contributed by atoms with E-state index in [1.165, 1.54) is 6.42 Å². The smallest absolute Gasteiger partial charge is 0.00509 e. The van der Waals surface area contributed by atoms with E-state index in [4.69, 9.17) is 0 Å². The van der Waals surface area contributed by atoms with Crippen molar-refractivity contribution in [1.29, 1.82) is 0 Å². The zero-order valence-corrected chi connectivity index (χ0v) is 10.6. The van der Waals surface area contributed by atoms with Gasteiger partial charge in [-0.25, -0.2) is 0 Å². The average Bonchev–Trinajstić information content (AvgIpc) is 2.08. The maximum atomic E-state index is 3.53. The van der Waals surface area contributed by atoms with Gasteiger partial charge in [0.15, 0.2) is 0 Å². The van der Waals surface area contributed by atoms with Gasteiger partial charge in [0.1, 0.15) is 0 Å². The molecular formula is C12H28N2. The Morgan fingerprint density at radius 2 is 1.43 bits per heavy atom. The van der Waals surface area contributed by atoms with Gasteiger partial charge in [-0.2, -0.15) is 0 Å². The minimum Gasteiger partial charge on any atom is -0.316 e. The van der Waals surface area contributed by atoms with Crippen molar-refractivity contribution in [3.8, 4) is 0 Å². The van der Waals surface area contributed by atoms with Gasteiger partial charge in [0, 0.05) is 6.04 Å². The number of nitrogens with one attached hydrogen (secondary N) is 2. The van der Waals surface area contributed by atoms with Gasteiger partial charge in [0.25, 0.3) is 0 Å².